The molecule has 1 N–H and O–H groups in total. The van der Waals surface area contributed by atoms with E-state index in [0.717, 1.165) is 87.1 Å². The van der Waals surface area contributed by atoms with Crippen molar-refractivity contribution < 1.29 is 23.7 Å². The normalized spacial score (nSPS) is 19.6. The molecule has 1 unspecified atom stereocenters. The highest BCUT2D eigenvalue weighted by molar-refractivity contribution is 5.93. The van der Waals surface area contributed by atoms with Crippen molar-refractivity contribution >= 4 is 11.6 Å². The molecule has 1 atom stereocenters. The number of carbonyl (C=O) groups is 1. The zero-order valence-electron chi connectivity index (χ0n) is 35.4. The number of ether oxygens (including phenoxy) is 4. The first-order valence-corrected chi connectivity index (χ1v) is 20.2. The average molecular weight is 758 g/mol. The first-order valence-electron chi connectivity index (χ1n) is 20.2. The van der Waals surface area contributed by atoms with Gasteiger partial charge in [-0.3, -0.25) is 14.6 Å². The lowest BCUT2D eigenvalue weighted by Crippen LogP contribution is -2.57. The molecule has 3 aromatic rings. The molecule has 55 heavy (non-hydrogen) atoms. The van der Waals surface area contributed by atoms with Crippen LogP contribution in [0.2, 0.25) is 0 Å². The molecule has 302 valence electrons. The van der Waals surface area contributed by atoms with Crippen LogP contribution in [-0.2, 0) is 30.7 Å². The number of para-hydroxylation sites is 1. The molecule has 4 aliphatic rings. The summed E-state index contributed by atoms with van der Waals surface area (Å²) in [5.74, 6) is 3.53. The van der Waals surface area contributed by atoms with Crippen molar-refractivity contribution in [2.24, 2.45) is 0 Å². The Morgan fingerprint density at radius 3 is 1.67 bits per heavy atom. The number of hydrogen-bond acceptors (Lipinski definition) is 9. The molecule has 1 amide bonds. The van der Waals surface area contributed by atoms with Crippen LogP contribution in [0.3, 0.4) is 0 Å². The molecule has 2 saturated heterocycles. The predicted octanol–water partition coefficient (Wildman–Crippen LogP) is 7.15. The molecular formula is C45H67N5O5. The van der Waals surface area contributed by atoms with Crippen LogP contribution >= 0.6 is 0 Å². The third-order valence-electron chi connectivity index (χ3n) is 12.0. The molecule has 0 aliphatic carbocycles. The molecule has 0 aromatic heterocycles. The molecule has 10 nitrogen and oxygen atoms in total. The summed E-state index contributed by atoms with van der Waals surface area (Å²) in [7, 11) is 6.76. The molecule has 4 aliphatic heterocycles. The topological polar surface area (TPSA) is 79.0 Å². The van der Waals surface area contributed by atoms with Crippen LogP contribution in [0.4, 0.5) is 5.69 Å². The average Bonchev–Trinajstić information content (AvgIpc) is 3.50. The number of hydrogen-bond donors (Lipinski definition) is 1. The molecule has 2 fully saturated rings. The standard InChI is InChI=1S/C16H23N3O.C15H23NO2.C14H21NO2/c1-13(2)18-10-8-16(9-11-18)15(20)17-12-19(16)14-6-4-3-5-7-14;1-10(2)16-9-13-8-15(18-5)14(17-4)7-12(13)6-11(16)3;1-10(2)15-6-5-11-7-13(16-3)14(17-4)8-12(11)9-15/h3-7,13H,8-12H2,1-2H3,(H,17,20);7-8,10-11H,6,9H2,1-5H3;7-8,10H,5-6,9H2,1-4H3. The van der Waals surface area contributed by atoms with Gasteiger partial charge in [-0.25, -0.2) is 0 Å². The van der Waals surface area contributed by atoms with E-state index in [0.29, 0.717) is 30.8 Å². The van der Waals surface area contributed by atoms with E-state index in [9.17, 15) is 4.79 Å². The van der Waals surface area contributed by atoms with Crippen molar-refractivity contribution in [3.05, 3.63) is 76.9 Å². The number of nitrogens with one attached hydrogen (secondary N) is 1. The summed E-state index contributed by atoms with van der Waals surface area (Å²) in [5.41, 5.74) is 6.30. The fourth-order valence-corrected chi connectivity index (χ4v) is 8.57. The smallest absolute Gasteiger partial charge is 0.247 e. The maximum Gasteiger partial charge on any atom is 0.247 e. The Bertz CT molecular complexity index is 1710. The quantitative estimate of drug-likeness (QED) is 0.258. The highest BCUT2D eigenvalue weighted by Crippen LogP contribution is 2.38. The minimum absolute atomic E-state index is 0.199. The van der Waals surface area contributed by atoms with Crippen molar-refractivity contribution in [2.45, 2.75) is 117 Å². The Morgan fingerprint density at radius 1 is 0.655 bits per heavy atom. The number of nitrogens with zero attached hydrogens (tertiary/aromatic N) is 4. The number of fused-ring (bicyclic) bond motifs is 2. The number of anilines is 1. The van der Waals surface area contributed by atoms with E-state index in [1.807, 2.05) is 18.2 Å². The van der Waals surface area contributed by atoms with Gasteiger partial charge in [0.05, 0.1) is 35.1 Å². The van der Waals surface area contributed by atoms with Gasteiger partial charge in [-0.2, -0.15) is 0 Å². The molecule has 0 bridgehead atoms. The van der Waals surface area contributed by atoms with Gasteiger partial charge in [0.1, 0.15) is 5.54 Å². The molecule has 10 heteroatoms. The Balaban J connectivity index is 0.000000159. The maximum absolute atomic E-state index is 12.4. The van der Waals surface area contributed by atoms with Crippen LogP contribution in [-0.4, -0.2) is 105 Å². The summed E-state index contributed by atoms with van der Waals surface area (Å²) in [4.78, 5) is 22.2. The van der Waals surface area contributed by atoms with Crippen molar-refractivity contribution in [1.29, 1.82) is 0 Å². The maximum atomic E-state index is 12.4. The number of likely N-dealkylation sites (tertiary alicyclic amines) is 1. The van der Waals surface area contributed by atoms with E-state index in [4.69, 9.17) is 18.9 Å². The SMILES string of the molecule is CC(C)N1CCC2(CC1)C(=O)NCN2c1ccccc1.COc1cc2c(cc1OC)CN(C(C)C)C(C)C2.COc1cc2c(cc1OC)CN(C(C)C)CC2. The molecule has 1 spiro atoms. The fourth-order valence-electron chi connectivity index (χ4n) is 8.57. The van der Waals surface area contributed by atoms with Crippen LogP contribution < -0.4 is 29.2 Å². The van der Waals surface area contributed by atoms with Gasteiger partial charge in [-0.15, -0.1) is 0 Å². The predicted molar refractivity (Wildman–Crippen MR) is 223 cm³/mol. The first kappa shape index (κ1) is 42.2. The van der Waals surface area contributed by atoms with Gasteiger partial charge in [0, 0.05) is 62.6 Å². The molecule has 7 rings (SSSR count). The molecule has 0 saturated carbocycles. The van der Waals surface area contributed by atoms with Gasteiger partial charge in [0.15, 0.2) is 23.0 Å². The van der Waals surface area contributed by atoms with Crippen molar-refractivity contribution in [3.63, 3.8) is 0 Å². The van der Waals surface area contributed by atoms with Crippen LogP contribution in [0.1, 0.15) is 83.6 Å². The van der Waals surface area contributed by atoms with Crippen LogP contribution in [0.15, 0.2) is 54.6 Å². The highest BCUT2D eigenvalue weighted by atomic mass is 16.5. The van der Waals surface area contributed by atoms with Crippen molar-refractivity contribution in [2.75, 3.05) is 59.6 Å². The number of benzene rings is 3. The summed E-state index contributed by atoms with van der Waals surface area (Å²) in [6.45, 7) is 21.5. The second-order valence-electron chi connectivity index (χ2n) is 16.2. The summed E-state index contributed by atoms with van der Waals surface area (Å²) in [6.07, 6.45) is 3.99. The van der Waals surface area contributed by atoms with Crippen LogP contribution in [0, 0.1) is 0 Å². The number of methoxy groups -OCH3 is 4. The van der Waals surface area contributed by atoms with E-state index in [1.165, 1.54) is 22.3 Å². The van der Waals surface area contributed by atoms with Gasteiger partial charge in [-0.1, -0.05) is 18.2 Å². The number of rotatable bonds is 8. The van der Waals surface area contributed by atoms with E-state index in [-0.39, 0.29) is 11.4 Å². The van der Waals surface area contributed by atoms with Crippen LogP contribution in [0.25, 0.3) is 0 Å². The van der Waals surface area contributed by atoms with Gasteiger partial charge in [0.2, 0.25) is 5.91 Å². The minimum Gasteiger partial charge on any atom is -0.493 e. The number of amides is 1. The van der Waals surface area contributed by atoms with E-state index in [2.05, 4.69) is 110 Å². The van der Waals surface area contributed by atoms with Crippen molar-refractivity contribution in [3.8, 4) is 23.0 Å². The van der Waals surface area contributed by atoms with Crippen LogP contribution in [0.5, 0.6) is 23.0 Å². The van der Waals surface area contributed by atoms with Gasteiger partial charge in [0.25, 0.3) is 0 Å². The van der Waals surface area contributed by atoms with E-state index >= 15 is 0 Å². The fraction of sp³-hybridized carbons (Fsp3) is 0.578. The summed E-state index contributed by atoms with van der Waals surface area (Å²) in [5, 5.41) is 3.04. The minimum atomic E-state index is -0.341. The van der Waals surface area contributed by atoms with Gasteiger partial charge < -0.3 is 34.1 Å². The Labute approximate surface area is 331 Å². The summed E-state index contributed by atoms with van der Waals surface area (Å²) < 4.78 is 21.4. The second-order valence-corrected chi connectivity index (χ2v) is 16.2. The molecule has 4 heterocycles. The van der Waals surface area contributed by atoms with E-state index in [1.54, 1.807) is 28.4 Å². The molecule has 0 radical (unpaired) electrons. The lowest BCUT2D eigenvalue weighted by molar-refractivity contribution is -0.125. The zero-order valence-corrected chi connectivity index (χ0v) is 35.4. The molecule has 3 aromatic carbocycles. The Morgan fingerprint density at radius 2 is 1.16 bits per heavy atom. The lowest BCUT2D eigenvalue weighted by Gasteiger charge is -2.44. The Hall–Kier alpha value is -3.99. The van der Waals surface area contributed by atoms with E-state index < -0.39 is 0 Å². The lowest BCUT2D eigenvalue weighted by atomic mass is 9.85. The van der Waals surface area contributed by atoms with Crippen molar-refractivity contribution in [1.82, 2.24) is 20.0 Å². The number of carbonyl (C=O) groups excluding carboxylic acids is 1. The first-order chi connectivity index (χ1) is 26.3. The largest absolute Gasteiger partial charge is 0.493 e. The third-order valence-corrected chi connectivity index (χ3v) is 12.0. The highest BCUT2D eigenvalue weighted by Gasteiger charge is 2.50. The summed E-state index contributed by atoms with van der Waals surface area (Å²) in [6, 6.07) is 21.1. The van der Waals surface area contributed by atoms with Gasteiger partial charge in [-0.05, 0) is 133 Å². The number of piperidine rings is 1. The zero-order chi connectivity index (χ0) is 39.9. The molecular weight excluding hydrogens is 691 g/mol. The second kappa shape index (κ2) is 18.8. The third kappa shape index (κ3) is 9.52. The Kier molecular flexibility index (Phi) is 14.4. The summed E-state index contributed by atoms with van der Waals surface area (Å²) >= 11 is 0. The van der Waals surface area contributed by atoms with Gasteiger partial charge >= 0.3 is 0 Å². The monoisotopic (exact) mass is 758 g/mol.